The second-order valence-corrected chi connectivity index (χ2v) is 9.96. The minimum atomic E-state index is -0.704. The SMILES string of the molecule is CCCNC[C@H](CCC)CCc1c(F)cncc1NC(=O)C[C@@H](c1ccc(C)cc1)c1cc(F)cc(F)c1. The van der Waals surface area contributed by atoms with Gasteiger partial charge in [-0.05, 0) is 74.9 Å². The first-order valence-corrected chi connectivity index (χ1v) is 13.5. The van der Waals surface area contributed by atoms with Gasteiger partial charge < -0.3 is 10.6 Å². The summed E-state index contributed by atoms with van der Waals surface area (Å²) < 4.78 is 43.0. The average molecular weight is 526 g/mol. The van der Waals surface area contributed by atoms with Gasteiger partial charge in [-0.3, -0.25) is 9.78 Å². The summed E-state index contributed by atoms with van der Waals surface area (Å²) in [5.41, 5.74) is 2.91. The fraction of sp³-hybridized carbons (Fsp3) is 0.419. The molecule has 0 spiro atoms. The number of carbonyl (C=O) groups excluding carboxylic acids is 1. The zero-order chi connectivity index (χ0) is 27.5. The predicted molar refractivity (Wildman–Crippen MR) is 147 cm³/mol. The van der Waals surface area contributed by atoms with E-state index in [1.54, 1.807) is 0 Å². The molecule has 0 aliphatic rings. The van der Waals surface area contributed by atoms with Crippen LogP contribution < -0.4 is 10.6 Å². The molecule has 0 bridgehead atoms. The summed E-state index contributed by atoms with van der Waals surface area (Å²) in [4.78, 5) is 17.2. The summed E-state index contributed by atoms with van der Waals surface area (Å²) in [5, 5.41) is 6.28. The first kappa shape index (κ1) is 29.4. The Hall–Kier alpha value is -3.19. The van der Waals surface area contributed by atoms with E-state index < -0.39 is 23.4 Å². The number of halogens is 3. The lowest BCUT2D eigenvalue weighted by atomic mass is 9.87. The van der Waals surface area contributed by atoms with Crippen LogP contribution in [0.4, 0.5) is 18.9 Å². The van der Waals surface area contributed by atoms with Gasteiger partial charge in [0.15, 0.2) is 0 Å². The molecule has 0 fully saturated rings. The number of hydrogen-bond acceptors (Lipinski definition) is 3. The normalized spacial score (nSPS) is 12.8. The highest BCUT2D eigenvalue weighted by Gasteiger charge is 2.22. The van der Waals surface area contributed by atoms with Crippen molar-refractivity contribution in [3.05, 3.63) is 94.6 Å². The third kappa shape index (κ3) is 8.69. The highest BCUT2D eigenvalue weighted by atomic mass is 19.1. The van der Waals surface area contributed by atoms with E-state index in [1.807, 2.05) is 31.2 Å². The van der Waals surface area contributed by atoms with Crippen LogP contribution in [0, 0.1) is 30.3 Å². The summed E-state index contributed by atoms with van der Waals surface area (Å²) in [7, 11) is 0. The van der Waals surface area contributed by atoms with Crippen molar-refractivity contribution >= 4 is 11.6 Å². The van der Waals surface area contributed by atoms with E-state index in [0.29, 0.717) is 29.2 Å². The number of amides is 1. The zero-order valence-electron chi connectivity index (χ0n) is 22.5. The molecule has 0 unspecified atom stereocenters. The first-order valence-electron chi connectivity index (χ1n) is 13.5. The van der Waals surface area contributed by atoms with Gasteiger partial charge in [0.2, 0.25) is 5.91 Å². The van der Waals surface area contributed by atoms with Crippen LogP contribution in [-0.2, 0) is 11.2 Å². The van der Waals surface area contributed by atoms with Crippen LogP contribution in [0.15, 0.2) is 54.9 Å². The smallest absolute Gasteiger partial charge is 0.225 e. The molecule has 2 atom stereocenters. The summed E-state index contributed by atoms with van der Waals surface area (Å²) in [5.74, 6) is -2.43. The molecular formula is C31H38F3N3O. The van der Waals surface area contributed by atoms with Gasteiger partial charge in [-0.15, -0.1) is 0 Å². The van der Waals surface area contributed by atoms with Gasteiger partial charge in [0.05, 0.1) is 18.1 Å². The molecule has 2 N–H and O–H groups in total. The van der Waals surface area contributed by atoms with Gasteiger partial charge in [-0.2, -0.15) is 0 Å². The Bertz CT molecular complexity index is 1160. The number of aromatic nitrogens is 1. The number of anilines is 1. The van der Waals surface area contributed by atoms with Gasteiger partial charge in [0, 0.05) is 24.0 Å². The Labute approximate surface area is 224 Å². The van der Waals surface area contributed by atoms with Crippen LogP contribution in [0.2, 0.25) is 0 Å². The number of benzene rings is 2. The van der Waals surface area contributed by atoms with Gasteiger partial charge >= 0.3 is 0 Å². The van der Waals surface area contributed by atoms with Crippen LogP contribution in [-0.4, -0.2) is 24.0 Å². The molecule has 1 amide bonds. The second-order valence-electron chi connectivity index (χ2n) is 9.96. The molecule has 0 saturated heterocycles. The maximum atomic E-state index is 14.8. The van der Waals surface area contributed by atoms with Gasteiger partial charge in [-0.25, -0.2) is 13.2 Å². The Morgan fingerprint density at radius 1 is 0.921 bits per heavy atom. The molecule has 4 nitrogen and oxygen atoms in total. The van der Waals surface area contributed by atoms with Gasteiger partial charge in [0.1, 0.15) is 17.5 Å². The summed E-state index contributed by atoms with van der Waals surface area (Å²) in [6.45, 7) is 8.02. The summed E-state index contributed by atoms with van der Waals surface area (Å²) in [6.07, 6.45) is 6.95. The van der Waals surface area contributed by atoms with Crippen molar-refractivity contribution in [1.29, 1.82) is 0 Å². The number of nitrogens with one attached hydrogen (secondary N) is 2. The third-order valence-electron chi connectivity index (χ3n) is 6.79. The molecule has 0 saturated carbocycles. The zero-order valence-corrected chi connectivity index (χ0v) is 22.5. The highest BCUT2D eigenvalue weighted by Crippen LogP contribution is 2.31. The van der Waals surface area contributed by atoms with Crippen LogP contribution >= 0.6 is 0 Å². The third-order valence-corrected chi connectivity index (χ3v) is 6.79. The average Bonchev–Trinajstić information content (AvgIpc) is 2.87. The number of aryl methyl sites for hydroxylation is 1. The van der Waals surface area contributed by atoms with E-state index >= 15 is 0 Å². The highest BCUT2D eigenvalue weighted by molar-refractivity contribution is 5.92. The van der Waals surface area contributed by atoms with Gasteiger partial charge in [-0.1, -0.05) is 50.1 Å². The lowest BCUT2D eigenvalue weighted by molar-refractivity contribution is -0.116. The Morgan fingerprint density at radius 2 is 1.63 bits per heavy atom. The summed E-state index contributed by atoms with van der Waals surface area (Å²) in [6, 6.07) is 10.8. The molecule has 204 valence electrons. The standard InChI is InChI=1S/C31H38F3N3O/c1-4-6-22(18-35-13-5-2)9-12-27-29(34)19-36-20-30(27)37-31(38)17-28(23-10-7-21(3)8-11-23)24-14-25(32)16-26(33)15-24/h7-8,10-11,14-16,19-20,22,28,35H,4-6,9,12-13,17-18H2,1-3H3,(H,37,38)/t22-,28+/m1/s1. The van der Waals surface area contributed by atoms with E-state index in [-0.39, 0.29) is 12.3 Å². The fourth-order valence-corrected chi connectivity index (χ4v) is 4.80. The monoisotopic (exact) mass is 525 g/mol. The van der Waals surface area contributed by atoms with Crippen molar-refractivity contribution in [2.45, 2.75) is 65.2 Å². The van der Waals surface area contributed by atoms with E-state index in [1.165, 1.54) is 24.5 Å². The molecule has 0 radical (unpaired) electrons. The maximum absolute atomic E-state index is 14.8. The van der Waals surface area contributed by atoms with E-state index in [4.69, 9.17) is 0 Å². The van der Waals surface area contributed by atoms with Crippen molar-refractivity contribution < 1.29 is 18.0 Å². The number of nitrogens with zero attached hydrogens (tertiary/aromatic N) is 1. The van der Waals surface area contributed by atoms with Crippen molar-refractivity contribution in [2.24, 2.45) is 5.92 Å². The predicted octanol–water partition coefficient (Wildman–Crippen LogP) is 7.32. The molecule has 0 aliphatic carbocycles. The Kier molecular flexibility index (Phi) is 11.3. The Balaban J connectivity index is 1.79. The van der Waals surface area contributed by atoms with E-state index in [9.17, 15) is 18.0 Å². The molecule has 7 heteroatoms. The minimum Gasteiger partial charge on any atom is -0.324 e. The number of carbonyl (C=O) groups is 1. The van der Waals surface area contributed by atoms with Crippen LogP contribution in [0.5, 0.6) is 0 Å². The van der Waals surface area contributed by atoms with Gasteiger partial charge in [0.25, 0.3) is 0 Å². The van der Waals surface area contributed by atoms with Crippen molar-refractivity contribution in [3.8, 4) is 0 Å². The second kappa shape index (κ2) is 14.7. The molecular weight excluding hydrogens is 487 g/mol. The largest absolute Gasteiger partial charge is 0.324 e. The lowest BCUT2D eigenvalue weighted by Crippen LogP contribution is -2.24. The topological polar surface area (TPSA) is 54.0 Å². The van der Waals surface area contributed by atoms with E-state index in [2.05, 4.69) is 29.5 Å². The molecule has 3 rings (SSSR count). The van der Waals surface area contributed by atoms with Crippen molar-refractivity contribution in [3.63, 3.8) is 0 Å². The molecule has 0 aliphatic heterocycles. The van der Waals surface area contributed by atoms with Crippen LogP contribution in [0.3, 0.4) is 0 Å². The Morgan fingerprint density at radius 3 is 2.29 bits per heavy atom. The number of rotatable bonds is 14. The number of pyridine rings is 1. The van der Waals surface area contributed by atoms with Crippen LogP contribution in [0.1, 0.15) is 74.1 Å². The molecule has 38 heavy (non-hydrogen) atoms. The van der Waals surface area contributed by atoms with Crippen LogP contribution in [0.25, 0.3) is 0 Å². The molecule has 1 heterocycles. The quantitative estimate of drug-likeness (QED) is 0.217. The summed E-state index contributed by atoms with van der Waals surface area (Å²) >= 11 is 0. The van der Waals surface area contributed by atoms with E-state index in [0.717, 1.165) is 56.0 Å². The minimum absolute atomic E-state index is 0.0681. The molecule has 3 aromatic rings. The van der Waals surface area contributed by atoms with Crippen molar-refractivity contribution in [2.75, 3.05) is 18.4 Å². The lowest BCUT2D eigenvalue weighted by Gasteiger charge is -2.20. The molecule has 2 aromatic carbocycles. The molecule has 1 aromatic heterocycles. The first-order chi connectivity index (χ1) is 18.3. The fourth-order valence-electron chi connectivity index (χ4n) is 4.80. The van der Waals surface area contributed by atoms with Crippen molar-refractivity contribution in [1.82, 2.24) is 10.3 Å². The maximum Gasteiger partial charge on any atom is 0.225 e. The number of hydrogen-bond donors (Lipinski definition) is 2.